The normalized spacial score (nSPS) is 16.4. The van der Waals surface area contributed by atoms with Crippen molar-refractivity contribution in [2.45, 2.75) is 25.4 Å². The number of aromatic amines is 1. The number of alkyl halides is 3. The molecule has 2 amide bonds. The molecule has 1 aliphatic rings. The number of H-pyrrole nitrogens is 1. The number of nitrogens with one attached hydrogen (secondary N) is 2. The Morgan fingerprint density at radius 1 is 1.05 bits per heavy atom. The molecule has 4 aromatic rings. The number of benzene rings is 3. The number of amides is 2. The molecule has 10 nitrogen and oxygen atoms in total. The third-order valence-corrected chi connectivity index (χ3v) is 6.11. The van der Waals surface area contributed by atoms with Crippen LogP contribution in [0.15, 0.2) is 66.7 Å². The minimum absolute atomic E-state index is 0.0799. The molecule has 39 heavy (non-hydrogen) atoms. The number of hydrogen-bond acceptors (Lipinski definition) is 5. The van der Waals surface area contributed by atoms with Crippen LogP contribution in [0.1, 0.15) is 32.6 Å². The number of imidazole rings is 1. The molecule has 3 aromatic carbocycles. The molecular formula is C26H21F3N4O6. The standard InChI is InChI=1S/C24H20N4O4.C2HF3O2/c1-14-6-2-3-7-15(14)13-28-21(29)17-8-4-5-9-18(17)24(28,32)16-10-11-19-20(12-16)26-22(25-19)27-23(30)31;3-2(4,5)1(6)7/h2-12,32H,13H2,1H3,(H,30,31)(H2,25,26,27);(H,6,7). The SMILES string of the molecule is Cc1ccccc1CN1C(=O)c2ccccc2C1(O)c1ccc2[nH]c(NC(=O)O)nc2c1.O=C(O)C(F)(F)F. The second kappa shape index (κ2) is 10.1. The number of aromatic nitrogens is 2. The Kier molecular flexibility index (Phi) is 7.03. The zero-order chi connectivity index (χ0) is 28.5. The molecule has 0 aliphatic carbocycles. The summed E-state index contributed by atoms with van der Waals surface area (Å²) in [4.78, 5) is 41.8. The minimum Gasteiger partial charge on any atom is -0.475 e. The molecule has 0 fully saturated rings. The average molecular weight is 542 g/mol. The van der Waals surface area contributed by atoms with Crippen LogP contribution in [0.2, 0.25) is 0 Å². The van der Waals surface area contributed by atoms with Crippen LogP contribution >= 0.6 is 0 Å². The number of carboxylic acids is 1. The van der Waals surface area contributed by atoms with Crippen LogP contribution in [0.4, 0.5) is 23.9 Å². The largest absolute Gasteiger partial charge is 0.490 e. The number of rotatable bonds is 4. The number of hydrogen-bond donors (Lipinski definition) is 5. The van der Waals surface area contributed by atoms with E-state index in [1.165, 1.54) is 4.90 Å². The summed E-state index contributed by atoms with van der Waals surface area (Å²) in [6.45, 7) is 2.19. The van der Waals surface area contributed by atoms with Crippen molar-refractivity contribution >= 4 is 35.0 Å². The van der Waals surface area contributed by atoms with Crippen LogP contribution in [0.3, 0.4) is 0 Å². The van der Waals surface area contributed by atoms with Crippen LogP contribution in [0.5, 0.6) is 0 Å². The maximum absolute atomic E-state index is 13.4. The molecule has 1 unspecified atom stereocenters. The maximum Gasteiger partial charge on any atom is 0.490 e. The van der Waals surface area contributed by atoms with Crippen LogP contribution in [-0.4, -0.2) is 54.3 Å². The number of aliphatic hydroxyl groups is 1. The summed E-state index contributed by atoms with van der Waals surface area (Å²) in [5, 5.41) is 30.3. The van der Waals surface area contributed by atoms with E-state index in [2.05, 4.69) is 15.3 Å². The van der Waals surface area contributed by atoms with Crippen molar-refractivity contribution in [1.29, 1.82) is 0 Å². The fraction of sp³-hybridized carbons (Fsp3) is 0.154. The van der Waals surface area contributed by atoms with Crippen LogP contribution in [0, 0.1) is 6.92 Å². The summed E-state index contributed by atoms with van der Waals surface area (Å²) in [6, 6.07) is 19.8. The van der Waals surface area contributed by atoms with E-state index in [9.17, 15) is 27.9 Å². The van der Waals surface area contributed by atoms with Gasteiger partial charge in [-0.3, -0.25) is 15.0 Å². The van der Waals surface area contributed by atoms with Crippen molar-refractivity contribution in [3.8, 4) is 0 Å². The van der Waals surface area contributed by atoms with E-state index in [1.807, 2.05) is 31.2 Å². The van der Waals surface area contributed by atoms with Crippen LogP contribution in [0.25, 0.3) is 11.0 Å². The molecule has 0 spiro atoms. The van der Waals surface area contributed by atoms with Gasteiger partial charge in [0, 0.05) is 23.2 Å². The fourth-order valence-corrected chi connectivity index (χ4v) is 4.25. The molecule has 0 saturated heterocycles. The second-order valence-corrected chi connectivity index (χ2v) is 8.59. The number of halogens is 3. The molecule has 2 heterocycles. The molecule has 202 valence electrons. The molecule has 0 bridgehead atoms. The van der Waals surface area contributed by atoms with Gasteiger partial charge in [0.2, 0.25) is 5.95 Å². The lowest BCUT2D eigenvalue weighted by atomic mass is 9.93. The summed E-state index contributed by atoms with van der Waals surface area (Å²) < 4.78 is 31.7. The maximum atomic E-state index is 13.4. The van der Waals surface area contributed by atoms with Crippen molar-refractivity contribution in [2.75, 3.05) is 5.32 Å². The van der Waals surface area contributed by atoms with Crippen LogP contribution in [-0.2, 0) is 17.1 Å². The van der Waals surface area contributed by atoms with Gasteiger partial charge >= 0.3 is 18.2 Å². The van der Waals surface area contributed by atoms with Gasteiger partial charge in [0.15, 0.2) is 5.72 Å². The number of aryl methyl sites for hydroxylation is 1. The first kappa shape index (κ1) is 27.1. The highest BCUT2D eigenvalue weighted by Crippen LogP contribution is 2.43. The Morgan fingerprint density at radius 2 is 1.69 bits per heavy atom. The molecule has 13 heteroatoms. The van der Waals surface area contributed by atoms with Gasteiger partial charge in [-0.25, -0.2) is 14.6 Å². The van der Waals surface area contributed by atoms with Gasteiger partial charge in [-0.2, -0.15) is 13.2 Å². The van der Waals surface area contributed by atoms with E-state index in [4.69, 9.17) is 15.0 Å². The molecule has 5 N–H and O–H groups in total. The first-order chi connectivity index (χ1) is 18.3. The van der Waals surface area contributed by atoms with Gasteiger partial charge in [-0.1, -0.05) is 48.5 Å². The van der Waals surface area contributed by atoms with Gasteiger partial charge in [-0.05, 0) is 36.2 Å². The number of carbonyl (C=O) groups is 3. The second-order valence-electron chi connectivity index (χ2n) is 8.59. The van der Waals surface area contributed by atoms with Gasteiger partial charge < -0.3 is 20.3 Å². The molecule has 0 saturated carbocycles. The van der Waals surface area contributed by atoms with E-state index in [-0.39, 0.29) is 18.4 Å². The highest BCUT2D eigenvalue weighted by molar-refractivity contribution is 6.00. The van der Waals surface area contributed by atoms with Crippen LogP contribution < -0.4 is 5.32 Å². The summed E-state index contributed by atoms with van der Waals surface area (Å²) in [5.74, 6) is -2.94. The predicted octanol–water partition coefficient (Wildman–Crippen LogP) is 4.44. The highest BCUT2D eigenvalue weighted by Gasteiger charge is 2.49. The van der Waals surface area contributed by atoms with Crippen molar-refractivity contribution < 1.29 is 42.9 Å². The third kappa shape index (κ3) is 5.25. The minimum atomic E-state index is -5.08. The highest BCUT2D eigenvalue weighted by atomic mass is 19.4. The van der Waals surface area contributed by atoms with E-state index in [1.54, 1.807) is 42.5 Å². The smallest absolute Gasteiger partial charge is 0.475 e. The average Bonchev–Trinajstić information content (AvgIpc) is 3.36. The Morgan fingerprint density at radius 3 is 2.33 bits per heavy atom. The predicted molar refractivity (Wildman–Crippen MR) is 132 cm³/mol. The number of aliphatic carboxylic acids is 1. The lowest BCUT2D eigenvalue weighted by Crippen LogP contribution is -2.44. The summed E-state index contributed by atoms with van der Waals surface area (Å²) in [6.07, 6.45) is -6.32. The van der Waals surface area contributed by atoms with Gasteiger partial charge in [0.25, 0.3) is 5.91 Å². The monoisotopic (exact) mass is 542 g/mol. The Hall–Kier alpha value is -4.91. The lowest BCUT2D eigenvalue weighted by Gasteiger charge is -2.35. The molecule has 5 rings (SSSR count). The molecule has 1 aromatic heterocycles. The topological polar surface area (TPSA) is 156 Å². The lowest BCUT2D eigenvalue weighted by molar-refractivity contribution is -0.192. The third-order valence-electron chi connectivity index (χ3n) is 6.11. The number of carboxylic acid groups (broad SMARTS) is 2. The summed E-state index contributed by atoms with van der Waals surface area (Å²) in [5.41, 5.74) is 2.72. The van der Waals surface area contributed by atoms with Crippen molar-refractivity contribution in [3.63, 3.8) is 0 Å². The number of carbonyl (C=O) groups excluding carboxylic acids is 1. The zero-order valence-electron chi connectivity index (χ0n) is 20.2. The van der Waals surface area contributed by atoms with Crippen molar-refractivity contribution in [2.24, 2.45) is 0 Å². The quantitative estimate of drug-likeness (QED) is 0.255. The molecule has 1 atom stereocenters. The van der Waals surface area contributed by atoms with E-state index in [0.717, 1.165) is 11.1 Å². The zero-order valence-corrected chi connectivity index (χ0v) is 20.2. The van der Waals surface area contributed by atoms with Gasteiger partial charge in [-0.15, -0.1) is 0 Å². The number of fused-ring (bicyclic) bond motifs is 2. The number of anilines is 1. The molecule has 0 radical (unpaired) electrons. The number of nitrogens with zero attached hydrogens (tertiary/aromatic N) is 2. The summed E-state index contributed by atoms with van der Waals surface area (Å²) in [7, 11) is 0. The van der Waals surface area contributed by atoms with E-state index in [0.29, 0.717) is 27.7 Å². The van der Waals surface area contributed by atoms with E-state index < -0.39 is 24.0 Å². The first-order valence-corrected chi connectivity index (χ1v) is 11.3. The van der Waals surface area contributed by atoms with Gasteiger partial charge in [0.05, 0.1) is 11.0 Å². The Balaban J connectivity index is 0.000000448. The van der Waals surface area contributed by atoms with Crippen molar-refractivity contribution in [1.82, 2.24) is 14.9 Å². The van der Waals surface area contributed by atoms with E-state index >= 15 is 0 Å². The summed E-state index contributed by atoms with van der Waals surface area (Å²) >= 11 is 0. The van der Waals surface area contributed by atoms with Crippen molar-refractivity contribution in [3.05, 3.63) is 94.5 Å². The Bertz CT molecular complexity index is 1590. The first-order valence-electron chi connectivity index (χ1n) is 11.3. The Labute approximate surface area is 218 Å². The molecular weight excluding hydrogens is 521 g/mol. The molecule has 1 aliphatic heterocycles. The fourth-order valence-electron chi connectivity index (χ4n) is 4.25. The van der Waals surface area contributed by atoms with Gasteiger partial charge in [0.1, 0.15) is 0 Å².